The van der Waals surface area contributed by atoms with E-state index in [0.29, 0.717) is 0 Å². The van der Waals surface area contributed by atoms with E-state index < -0.39 is 0 Å². The van der Waals surface area contributed by atoms with Crippen molar-refractivity contribution in [2.75, 3.05) is 0 Å². The highest BCUT2D eigenvalue weighted by Gasteiger charge is 1.99. The van der Waals surface area contributed by atoms with E-state index in [-0.39, 0.29) is 6.04 Å². The SMILES string of the molecule is C[C@H](N)Cc1cccn1C. The molecule has 0 fully saturated rings. The van der Waals surface area contributed by atoms with E-state index in [1.54, 1.807) is 0 Å². The summed E-state index contributed by atoms with van der Waals surface area (Å²) in [6, 6.07) is 4.40. The maximum Gasteiger partial charge on any atom is 0.0187 e. The van der Waals surface area contributed by atoms with Gasteiger partial charge in [-0.25, -0.2) is 0 Å². The molecular formula is C8H14N2. The number of rotatable bonds is 2. The zero-order valence-electron chi connectivity index (χ0n) is 6.54. The Bertz CT molecular complexity index is 201. The van der Waals surface area contributed by atoms with Gasteiger partial charge >= 0.3 is 0 Å². The third-order valence-electron chi connectivity index (χ3n) is 1.58. The van der Waals surface area contributed by atoms with Crippen molar-refractivity contribution < 1.29 is 0 Å². The van der Waals surface area contributed by atoms with E-state index in [1.165, 1.54) is 5.69 Å². The molecule has 1 aromatic rings. The first-order chi connectivity index (χ1) is 4.70. The summed E-state index contributed by atoms with van der Waals surface area (Å²) >= 11 is 0. The van der Waals surface area contributed by atoms with Crippen molar-refractivity contribution in [3.63, 3.8) is 0 Å². The minimum absolute atomic E-state index is 0.258. The number of hydrogen-bond acceptors (Lipinski definition) is 1. The molecular weight excluding hydrogens is 124 g/mol. The molecule has 2 nitrogen and oxygen atoms in total. The number of nitrogens with two attached hydrogens (primary N) is 1. The zero-order valence-corrected chi connectivity index (χ0v) is 6.54. The second-order valence-corrected chi connectivity index (χ2v) is 2.79. The molecule has 1 aromatic heterocycles. The summed E-state index contributed by atoms with van der Waals surface area (Å²) in [5.41, 5.74) is 6.94. The lowest BCUT2D eigenvalue weighted by Crippen LogP contribution is -2.19. The summed E-state index contributed by atoms with van der Waals surface area (Å²) in [7, 11) is 2.04. The third kappa shape index (κ3) is 1.61. The Morgan fingerprint density at radius 2 is 2.40 bits per heavy atom. The van der Waals surface area contributed by atoms with E-state index in [2.05, 4.69) is 10.6 Å². The van der Waals surface area contributed by atoms with Crippen LogP contribution in [0.15, 0.2) is 18.3 Å². The monoisotopic (exact) mass is 138 g/mol. The average Bonchev–Trinajstić information content (AvgIpc) is 2.15. The average molecular weight is 138 g/mol. The fourth-order valence-electron chi connectivity index (χ4n) is 1.04. The minimum Gasteiger partial charge on any atom is -0.354 e. The van der Waals surface area contributed by atoms with Gasteiger partial charge in [0, 0.05) is 31.4 Å². The lowest BCUT2D eigenvalue weighted by atomic mass is 10.2. The quantitative estimate of drug-likeness (QED) is 0.647. The molecule has 0 radical (unpaired) electrons. The molecule has 0 aromatic carbocycles. The highest BCUT2D eigenvalue weighted by atomic mass is 14.9. The summed E-state index contributed by atoms with van der Waals surface area (Å²) in [5, 5.41) is 0. The molecule has 0 saturated heterocycles. The standard InChI is InChI=1S/C8H14N2/c1-7(9)6-8-4-3-5-10(8)2/h3-5,7H,6,9H2,1-2H3/t7-/m0/s1. The lowest BCUT2D eigenvalue weighted by Gasteiger charge is -2.05. The largest absolute Gasteiger partial charge is 0.354 e. The van der Waals surface area contributed by atoms with Crippen molar-refractivity contribution in [3.05, 3.63) is 24.0 Å². The smallest absolute Gasteiger partial charge is 0.0187 e. The topological polar surface area (TPSA) is 30.9 Å². The first-order valence-electron chi connectivity index (χ1n) is 3.56. The maximum atomic E-state index is 5.64. The Morgan fingerprint density at radius 1 is 1.70 bits per heavy atom. The van der Waals surface area contributed by atoms with Crippen molar-refractivity contribution in [1.82, 2.24) is 4.57 Å². The van der Waals surface area contributed by atoms with E-state index in [0.717, 1.165) is 6.42 Å². The van der Waals surface area contributed by atoms with Gasteiger partial charge in [-0.15, -0.1) is 0 Å². The van der Waals surface area contributed by atoms with Gasteiger partial charge in [0.15, 0.2) is 0 Å². The Labute approximate surface area is 61.7 Å². The Balaban J connectivity index is 2.65. The van der Waals surface area contributed by atoms with Crippen LogP contribution in [0.3, 0.4) is 0 Å². The fourth-order valence-corrected chi connectivity index (χ4v) is 1.04. The van der Waals surface area contributed by atoms with E-state index in [1.807, 2.05) is 26.2 Å². The molecule has 2 N–H and O–H groups in total. The van der Waals surface area contributed by atoms with Crippen LogP contribution in [0.25, 0.3) is 0 Å². The van der Waals surface area contributed by atoms with Gasteiger partial charge in [-0.2, -0.15) is 0 Å². The van der Waals surface area contributed by atoms with Gasteiger partial charge < -0.3 is 10.3 Å². The van der Waals surface area contributed by atoms with E-state index in [9.17, 15) is 0 Å². The normalized spacial score (nSPS) is 13.5. The minimum atomic E-state index is 0.258. The highest BCUT2D eigenvalue weighted by molar-refractivity contribution is 5.07. The Hall–Kier alpha value is -0.760. The third-order valence-corrected chi connectivity index (χ3v) is 1.58. The van der Waals surface area contributed by atoms with Gasteiger partial charge in [-0.3, -0.25) is 0 Å². The number of nitrogens with zero attached hydrogens (tertiary/aromatic N) is 1. The van der Waals surface area contributed by atoms with Gasteiger partial charge in [0.05, 0.1) is 0 Å². The molecule has 0 aliphatic carbocycles. The summed E-state index contributed by atoms with van der Waals surface area (Å²) in [5.74, 6) is 0. The fraction of sp³-hybridized carbons (Fsp3) is 0.500. The van der Waals surface area contributed by atoms with Crippen molar-refractivity contribution in [3.8, 4) is 0 Å². The van der Waals surface area contributed by atoms with Crippen LogP contribution in [0, 0.1) is 0 Å². The van der Waals surface area contributed by atoms with E-state index in [4.69, 9.17) is 5.73 Å². The summed E-state index contributed by atoms with van der Waals surface area (Å²) in [4.78, 5) is 0. The molecule has 56 valence electrons. The summed E-state index contributed by atoms with van der Waals surface area (Å²) in [6.07, 6.45) is 3.00. The molecule has 0 unspecified atom stereocenters. The molecule has 1 rings (SSSR count). The molecule has 0 amide bonds. The Morgan fingerprint density at radius 3 is 2.80 bits per heavy atom. The van der Waals surface area contributed by atoms with Crippen LogP contribution < -0.4 is 5.73 Å². The molecule has 0 spiro atoms. The van der Waals surface area contributed by atoms with Gasteiger partial charge in [-0.05, 0) is 19.1 Å². The molecule has 2 heteroatoms. The van der Waals surface area contributed by atoms with Crippen LogP contribution in [0.2, 0.25) is 0 Å². The maximum absolute atomic E-state index is 5.64. The molecule has 0 aliphatic rings. The zero-order chi connectivity index (χ0) is 7.56. The molecule has 0 aliphatic heterocycles. The van der Waals surface area contributed by atoms with Crippen molar-refractivity contribution in [1.29, 1.82) is 0 Å². The number of aryl methyl sites for hydroxylation is 1. The number of aromatic nitrogens is 1. The predicted molar refractivity (Wildman–Crippen MR) is 42.8 cm³/mol. The first kappa shape index (κ1) is 7.35. The molecule has 10 heavy (non-hydrogen) atoms. The van der Waals surface area contributed by atoms with Crippen molar-refractivity contribution in [2.45, 2.75) is 19.4 Å². The second kappa shape index (κ2) is 2.88. The Kier molecular flexibility index (Phi) is 2.12. The van der Waals surface area contributed by atoms with Crippen LogP contribution in [0.4, 0.5) is 0 Å². The van der Waals surface area contributed by atoms with Crippen LogP contribution in [-0.2, 0) is 13.5 Å². The summed E-state index contributed by atoms with van der Waals surface area (Å²) < 4.78 is 2.10. The van der Waals surface area contributed by atoms with Gasteiger partial charge in [0.2, 0.25) is 0 Å². The molecule has 1 atom stereocenters. The van der Waals surface area contributed by atoms with Crippen molar-refractivity contribution >= 4 is 0 Å². The lowest BCUT2D eigenvalue weighted by molar-refractivity contribution is 0.690. The number of hydrogen-bond donors (Lipinski definition) is 1. The molecule has 1 heterocycles. The highest BCUT2D eigenvalue weighted by Crippen LogP contribution is 2.01. The summed E-state index contributed by atoms with van der Waals surface area (Å²) in [6.45, 7) is 2.02. The predicted octanol–water partition coefficient (Wildman–Crippen LogP) is 0.915. The van der Waals surface area contributed by atoms with Crippen LogP contribution in [-0.4, -0.2) is 10.6 Å². The van der Waals surface area contributed by atoms with Gasteiger partial charge in [0.1, 0.15) is 0 Å². The molecule has 0 bridgehead atoms. The van der Waals surface area contributed by atoms with E-state index >= 15 is 0 Å². The molecule has 0 saturated carbocycles. The van der Waals surface area contributed by atoms with Gasteiger partial charge in [0.25, 0.3) is 0 Å². The second-order valence-electron chi connectivity index (χ2n) is 2.79. The first-order valence-corrected chi connectivity index (χ1v) is 3.56. The van der Waals surface area contributed by atoms with Crippen LogP contribution in [0.1, 0.15) is 12.6 Å². The van der Waals surface area contributed by atoms with Crippen molar-refractivity contribution in [2.24, 2.45) is 12.8 Å². The van der Waals surface area contributed by atoms with Gasteiger partial charge in [-0.1, -0.05) is 0 Å². The van der Waals surface area contributed by atoms with Crippen LogP contribution >= 0.6 is 0 Å². The van der Waals surface area contributed by atoms with Crippen LogP contribution in [0.5, 0.6) is 0 Å².